The van der Waals surface area contributed by atoms with Crippen LogP contribution in [0.1, 0.15) is 16.7 Å². The molecule has 2 aromatic heterocycles. The van der Waals surface area contributed by atoms with Crippen molar-refractivity contribution < 1.29 is 0 Å². The molecule has 0 spiro atoms. The van der Waals surface area contributed by atoms with E-state index in [2.05, 4.69) is 160 Å². The van der Waals surface area contributed by atoms with E-state index in [1.807, 2.05) is 60.7 Å². The zero-order valence-electron chi connectivity index (χ0n) is 36.2. The van der Waals surface area contributed by atoms with E-state index in [0.717, 1.165) is 61.0 Å². The van der Waals surface area contributed by atoms with E-state index in [4.69, 9.17) is 29.9 Å². The van der Waals surface area contributed by atoms with E-state index in [9.17, 15) is 0 Å². The van der Waals surface area contributed by atoms with E-state index >= 15 is 0 Å². The molecule has 0 aliphatic rings. The Labute approximate surface area is 378 Å². The van der Waals surface area contributed by atoms with Gasteiger partial charge >= 0.3 is 0 Å². The lowest BCUT2D eigenvalue weighted by Gasteiger charge is -2.21. The van der Waals surface area contributed by atoms with Crippen LogP contribution >= 0.6 is 0 Å². The lowest BCUT2D eigenvalue weighted by molar-refractivity contribution is 1.07. The Kier molecular flexibility index (Phi) is 10.1. The highest BCUT2D eigenvalue weighted by molar-refractivity contribution is 6.22. The Morgan fingerprint density at radius 2 is 0.585 bits per heavy atom. The fourth-order valence-electron chi connectivity index (χ4n) is 8.74. The number of hydrogen-bond donors (Lipinski definition) is 0. The summed E-state index contributed by atoms with van der Waals surface area (Å²) in [5, 5.41) is 4.73. The number of rotatable bonds is 8. The van der Waals surface area contributed by atoms with Gasteiger partial charge in [0.1, 0.15) is 0 Å². The summed E-state index contributed by atoms with van der Waals surface area (Å²) in [6.45, 7) is 6.38. The third-order valence-electron chi connectivity index (χ3n) is 12.0. The molecule has 0 amide bonds. The first-order valence-corrected chi connectivity index (χ1v) is 21.9. The second-order valence-corrected chi connectivity index (χ2v) is 16.5. The second kappa shape index (κ2) is 16.7. The van der Waals surface area contributed by atoms with Gasteiger partial charge in [-0.15, -0.1) is 0 Å². The van der Waals surface area contributed by atoms with Gasteiger partial charge in [-0.05, 0) is 82.3 Å². The van der Waals surface area contributed by atoms with Crippen LogP contribution in [0.3, 0.4) is 0 Å². The first-order valence-electron chi connectivity index (χ1n) is 21.9. The quantitative estimate of drug-likeness (QED) is 0.142. The Morgan fingerprint density at radius 1 is 0.246 bits per heavy atom. The number of nitrogens with zero attached hydrogens (tertiary/aromatic N) is 6. The lowest BCUT2D eigenvalue weighted by Crippen LogP contribution is -2.01. The fourth-order valence-corrected chi connectivity index (χ4v) is 8.74. The molecule has 308 valence electrons. The van der Waals surface area contributed by atoms with Crippen LogP contribution in [0.25, 0.3) is 112 Å². The van der Waals surface area contributed by atoms with Crippen molar-refractivity contribution in [1.82, 2.24) is 29.9 Å². The molecule has 0 bridgehead atoms. The standard InChI is InChI=1S/C59H42N6/c1-37-27-31-42(32-28-37)56-60-54(40-16-6-4-7-17-40)62-58(64-56)46-22-13-20-44(35-46)52-50-25-11-10-24-48(50)49-26-12-15-39(3)51(49)53(52)45-21-14-23-47(36-45)59-63-55(41-18-8-5-9-19-41)61-57(65-59)43-33-29-38(2)30-34-43/h4-36H,1-3H3. The summed E-state index contributed by atoms with van der Waals surface area (Å²) in [7, 11) is 0. The Hall–Kier alpha value is -8.48. The van der Waals surface area contributed by atoms with E-state index in [1.54, 1.807) is 0 Å². The highest BCUT2D eigenvalue weighted by atomic mass is 15.0. The summed E-state index contributed by atoms with van der Waals surface area (Å²) in [6, 6.07) is 69.6. The van der Waals surface area contributed by atoms with Crippen molar-refractivity contribution in [2.24, 2.45) is 0 Å². The van der Waals surface area contributed by atoms with Crippen LogP contribution in [-0.2, 0) is 0 Å². The number of benzene rings is 9. The van der Waals surface area contributed by atoms with Gasteiger partial charge in [-0.3, -0.25) is 0 Å². The second-order valence-electron chi connectivity index (χ2n) is 16.5. The molecule has 11 rings (SSSR count). The molecule has 6 nitrogen and oxygen atoms in total. The molecular weight excluding hydrogens is 793 g/mol. The first kappa shape index (κ1) is 39.4. The summed E-state index contributed by atoms with van der Waals surface area (Å²) >= 11 is 0. The van der Waals surface area contributed by atoms with Gasteiger partial charge in [0.2, 0.25) is 0 Å². The molecule has 0 unspecified atom stereocenters. The van der Waals surface area contributed by atoms with E-state index in [-0.39, 0.29) is 0 Å². The third-order valence-corrected chi connectivity index (χ3v) is 12.0. The third kappa shape index (κ3) is 7.61. The molecule has 0 fully saturated rings. The van der Waals surface area contributed by atoms with Gasteiger partial charge in [0.15, 0.2) is 34.9 Å². The summed E-state index contributed by atoms with van der Waals surface area (Å²) in [6.07, 6.45) is 0. The van der Waals surface area contributed by atoms with E-state index in [1.165, 1.54) is 32.8 Å². The van der Waals surface area contributed by atoms with Crippen molar-refractivity contribution in [1.29, 1.82) is 0 Å². The molecule has 65 heavy (non-hydrogen) atoms. The van der Waals surface area contributed by atoms with Crippen LogP contribution < -0.4 is 0 Å². The molecule has 0 aliphatic carbocycles. The summed E-state index contributed by atoms with van der Waals surface area (Å²) in [5.74, 6) is 3.72. The molecule has 6 heteroatoms. The minimum absolute atomic E-state index is 0.606. The van der Waals surface area contributed by atoms with Crippen LogP contribution in [0.15, 0.2) is 200 Å². The molecule has 2 heterocycles. The summed E-state index contributed by atoms with van der Waals surface area (Å²) in [4.78, 5) is 30.5. The number of aromatic nitrogens is 6. The largest absolute Gasteiger partial charge is 0.208 e. The van der Waals surface area contributed by atoms with Crippen LogP contribution in [0, 0.1) is 20.8 Å². The molecule has 0 atom stereocenters. The lowest BCUT2D eigenvalue weighted by atomic mass is 9.83. The van der Waals surface area contributed by atoms with Gasteiger partial charge in [0.25, 0.3) is 0 Å². The Morgan fingerprint density at radius 3 is 1.06 bits per heavy atom. The topological polar surface area (TPSA) is 77.3 Å². The zero-order chi connectivity index (χ0) is 43.9. The predicted molar refractivity (Wildman–Crippen MR) is 266 cm³/mol. The maximum absolute atomic E-state index is 5.14. The first-order chi connectivity index (χ1) is 31.9. The summed E-state index contributed by atoms with van der Waals surface area (Å²) < 4.78 is 0. The highest BCUT2D eigenvalue weighted by Crippen LogP contribution is 2.46. The van der Waals surface area contributed by atoms with E-state index in [0.29, 0.717) is 34.9 Å². The van der Waals surface area contributed by atoms with Crippen LogP contribution in [0.2, 0.25) is 0 Å². The Balaban J connectivity index is 1.13. The van der Waals surface area contributed by atoms with E-state index < -0.39 is 0 Å². The molecule has 0 N–H and O–H groups in total. The smallest absolute Gasteiger partial charge is 0.164 e. The molecule has 0 aliphatic heterocycles. The molecule has 11 aromatic rings. The normalized spacial score (nSPS) is 11.3. The maximum Gasteiger partial charge on any atom is 0.164 e. The number of aryl methyl sites for hydroxylation is 3. The average molecular weight is 835 g/mol. The van der Waals surface area contributed by atoms with Crippen molar-refractivity contribution in [3.8, 4) is 90.6 Å². The van der Waals surface area contributed by atoms with Gasteiger partial charge in [-0.25, -0.2) is 29.9 Å². The SMILES string of the molecule is Cc1ccc(-c2nc(-c3ccccc3)nc(-c3cccc(-c4c(-c5cccc(-c6nc(-c7ccccc7)nc(-c7ccc(C)cc7)n6)c5)c5c(C)cccc5c5ccccc45)c3)n2)cc1. The Bertz CT molecular complexity index is 3550. The van der Waals surface area contributed by atoms with Crippen LogP contribution in [-0.4, -0.2) is 29.9 Å². The van der Waals surface area contributed by atoms with Gasteiger partial charge in [0, 0.05) is 33.4 Å². The molecule has 0 saturated carbocycles. The van der Waals surface area contributed by atoms with Gasteiger partial charge in [-0.1, -0.05) is 199 Å². The minimum atomic E-state index is 0.606. The molecular formula is C59H42N6. The molecule has 0 saturated heterocycles. The van der Waals surface area contributed by atoms with Crippen molar-refractivity contribution in [2.45, 2.75) is 20.8 Å². The van der Waals surface area contributed by atoms with Crippen molar-refractivity contribution in [2.75, 3.05) is 0 Å². The zero-order valence-corrected chi connectivity index (χ0v) is 36.2. The van der Waals surface area contributed by atoms with Gasteiger partial charge in [-0.2, -0.15) is 0 Å². The minimum Gasteiger partial charge on any atom is -0.208 e. The van der Waals surface area contributed by atoms with Crippen molar-refractivity contribution in [3.63, 3.8) is 0 Å². The predicted octanol–water partition coefficient (Wildman–Crippen LogP) is 14.6. The molecule has 0 radical (unpaired) electrons. The average Bonchev–Trinajstić information content (AvgIpc) is 3.37. The van der Waals surface area contributed by atoms with Gasteiger partial charge < -0.3 is 0 Å². The maximum atomic E-state index is 5.14. The fraction of sp³-hybridized carbons (Fsp3) is 0.0508. The highest BCUT2D eigenvalue weighted by Gasteiger charge is 2.22. The van der Waals surface area contributed by atoms with Crippen molar-refractivity contribution >= 4 is 21.5 Å². The van der Waals surface area contributed by atoms with Gasteiger partial charge in [0.05, 0.1) is 0 Å². The summed E-state index contributed by atoms with van der Waals surface area (Å²) in [5.41, 5.74) is 13.4. The number of fused-ring (bicyclic) bond motifs is 3. The van der Waals surface area contributed by atoms with Crippen molar-refractivity contribution in [3.05, 3.63) is 217 Å². The van der Waals surface area contributed by atoms with Crippen LogP contribution in [0.4, 0.5) is 0 Å². The molecule has 9 aromatic carbocycles. The number of hydrogen-bond acceptors (Lipinski definition) is 6. The monoisotopic (exact) mass is 834 g/mol. The van der Waals surface area contributed by atoms with Crippen LogP contribution in [0.5, 0.6) is 0 Å².